The Morgan fingerprint density at radius 2 is 1.90 bits per heavy atom. The average Bonchev–Trinajstić information content (AvgIpc) is 1.83. The third-order valence-electron chi connectivity index (χ3n) is 1.65. The van der Waals surface area contributed by atoms with Crippen LogP contribution in [0.15, 0.2) is 6.07 Å². The summed E-state index contributed by atoms with van der Waals surface area (Å²) in [7, 11) is 0. The molecule has 1 aromatic heterocycles. The van der Waals surface area contributed by atoms with Crippen molar-refractivity contribution in [2.45, 2.75) is 20.8 Å². The average molecular weight is 206 g/mol. The zero-order chi connectivity index (χ0) is 6.85. The van der Waals surface area contributed by atoms with Crippen LogP contribution in [-0.2, 0) is 0 Å². The molecule has 0 N–H and O–H groups in total. The van der Waals surface area contributed by atoms with Gasteiger partial charge in [-0.3, -0.25) is 0 Å². The van der Waals surface area contributed by atoms with Crippen molar-refractivity contribution in [3.63, 3.8) is 0 Å². The van der Waals surface area contributed by atoms with E-state index in [1.54, 1.807) is 0 Å². The van der Waals surface area contributed by atoms with Crippen LogP contribution in [0.1, 0.15) is 16.8 Å². The Morgan fingerprint density at radius 1 is 1.30 bits per heavy atom. The van der Waals surface area contributed by atoms with Crippen LogP contribution in [0.5, 0.6) is 0 Å². The zero-order valence-electron chi connectivity index (χ0n) is 7.02. The molecule has 10 heavy (non-hydrogen) atoms. The van der Waals surface area contributed by atoms with Gasteiger partial charge in [0.25, 0.3) is 0 Å². The van der Waals surface area contributed by atoms with E-state index in [2.05, 4.69) is 25.0 Å². The minimum atomic E-state index is 0. The minimum Gasteiger partial charge on any atom is -0.391 e. The Bertz CT molecular complexity index is 200. The van der Waals surface area contributed by atoms with E-state index in [0.29, 0.717) is 0 Å². The van der Waals surface area contributed by atoms with E-state index in [-0.39, 0.29) is 58.2 Å². The molecule has 0 unspecified atom stereocenters. The molecule has 0 aliphatic carbocycles. The van der Waals surface area contributed by atoms with Crippen molar-refractivity contribution in [1.82, 2.24) is 4.98 Å². The molecule has 1 aromatic rings. The Balaban J connectivity index is 0.000000810. The van der Waals surface area contributed by atoms with Crippen molar-refractivity contribution in [2.24, 2.45) is 0 Å². The number of nitrogens with zero attached hydrogens (tertiary/aromatic N) is 1. The first-order valence-corrected chi connectivity index (χ1v) is 3.02. The van der Waals surface area contributed by atoms with Crippen LogP contribution < -0.4 is 58.2 Å². The number of hydrogen-bond donors (Lipinski definition) is 0. The summed E-state index contributed by atoms with van der Waals surface area (Å²) in [5.41, 5.74) is 3.62. The molecule has 2 heteroatoms. The first-order valence-electron chi connectivity index (χ1n) is 3.02. The first kappa shape index (κ1) is 11.0. The molecule has 0 aliphatic rings. The normalized spacial score (nSPS) is 8.70. The molecule has 48 valence electrons. The maximum atomic E-state index is 4.01. The van der Waals surface area contributed by atoms with E-state index < -0.39 is 0 Å². The van der Waals surface area contributed by atoms with Gasteiger partial charge >= 0.3 is 58.2 Å². The summed E-state index contributed by atoms with van der Waals surface area (Å²) in [6, 6.07) is 1.91. The molecular weight excluding hydrogens is 196 g/mol. The molecule has 0 fully saturated rings. The van der Waals surface area contributed by atoms with Gasteiger partial charge in [0.1, 0.15) is 0 Å². The standard InChI is InChI=1S/C8H10N.Rb/c1-6-4-5-9-8(3)7(6)2;/h4H,1-3H3;/q-1;+1. The van der Waals surface area contributed by atoms with Crippen LogP contribution in [0, 0.1) is 27.0 Å². The van der Waals surface area contributed by atoms with E-state index in [4.69, 9.17) is 0 Å². The molecule has 1 nitrogen and oxygen atoms in total. The molecule has 0 saturated carbocycles. The van der Waals surface area contributed by atoms with Gasteiger partial charge in [-0.25, -0.2) is 0 Å². The van der Waals surface area contributed by atoms with Crippen LogP contribution in [0.2, 0.25) is 0 Å². The van der Waals surface area contributed by atoms with Gasteiger partial charge in [-0.05, 0) is 0 Å². The molecule has 0 atom stereocenters. The predicted molar refractivity (Wildman–Crippen MR) is 37.3 cm³/mol. The molecule has 0 spiro atoms. The fourth-order valence-electron chi connectivity index (χ4n) is 0.703. The van der Waals surface area contributed by atoms with Crippen LogP contribution in [0.4, 0.5) is 0 Å². The molecule has 0 aliphatic heterocycles. The molecular formula is C8H10NRb. The van der Waals surface area contributed by atoms with Crippen molar-refractivity contribution in [1.29, 1.82) is 0 Å². The second-order valence-electron chi connectivity index (χ2n) is 2.28. The van der Waals surface area contributed by atoms with Gasteiger partial charge in [-0.1, -0.05) is 32.7 Å². The molecule has 0 bridgehead atoms. The predicted octanol–water partition coefficient (Wildman–Crippen LogP) is -1.19. The first-order chi connectivity index (χ1) is 4.22. The molecule has 1 heterocycles. The van der Waals surface area contributed by atoms with Crippen LogP contribution in [0.3, 0.4) is 0 Å². The zero-order valence-corrected chi connectivity index (χ0v) is 11.9. The Hall–Kier alpha value is 0.955. The van der Waals surface area contributed by atoms with Crippen molar-refractivity contribution in [3.8, 4) is 0 Å². The summed E-state index contributed by atoms with van der Waals surface area (Å²) in [5.74, 6) is 0. The van der Waals surface area contributed by atoms with Gasteiger partial charge in [0.15, 0.2) is 0 Å². The summed E-state index contributed by atoms with van der Waals surface area (Å²) in [6.45, 7) is 6.14. The summed E-state index contributed by atoms with van der Waals surface area (Å²) in [6.07, 6.45) is 2.82. The smallest absolute Gasteiger partial charge is 0.391 e. The summed E-state index contributed by atoms with van der Waals surface area (Å²) in [5, 5.41) is 0. The van der Waals surface area contributed by atoms with Crippen LogP contribution in [-0.4, -0.2) is 4.98 Å². The van der Waals surface area contributed by atoms with Crippen molar-refractivity contribution in [2.75, 3.05) is 0 Å². The van der Waals surface area contributed by atoms with Gasteiger partial charge in [0.2, 0.25) is 0 Å². The topological polar surface area (TPSA) is 12.9 Å². The fourth-order valence-corrected chi connectivity index (χ4v) is 0.703. The third-order valence-corrected chi connectivity index (χ3v) is 1.65. The molecule has 0 amide bonds. The van der Waals surface area contributed by atoms with Gasteiger partial charge in [0, 0.05) is 0 Å². The Labute approximate surface area is 111 Å². The van der Waals surface area contributed by atoms with Crippen molar-refractivity contribution < 1.29 is 58.2 Å². The monoisotopic (exact) mass is 205 g/mol. The molecule has 1 rings (SSSR count). The van der Waals surface area contributed by atoms with E-state index in [9.17, 15) is 0 Å². The minimum absolute atomic E-state index is 0. The van der Waals surface area contributed by atoms with Crippen LogP contribution in [0.25, 0.3) is 0 Å². The summed E-state index contributed by atoms with van der Waals surface area (Å²) >= 11 is 0. The number of pyridine rings is 1. The maximum Gasteiger partial charge on any atom is 1.00 e. The summed E-state index contributed by atoms with van der Waals surface area (Å²) < 4.78 is 0. The Morgan fingerprint density at radius 3 is 2.30 bits per heavy atom. The van der Waals surface area contributed by atoms with Gasteiger partial charge < -0.3 is 4.98 Å². The maximum absolute atomic E-state index is 4.01. The quantitative estimate of drug-likeness (QED) is 0.486. The van der Waals surface area contributed by atoms with E-state index in [1.165, 1.54) is 11.1 Å². The SMILES string of the molecule is Cc1c[c-]nc(C)c1C.[Rb+]. The number of aromatic nitrogens is 1. The molecule has 0 aromatic carbocycles. The number of aryl methyl sites for hydroxylation is 2. The second kappa shape index (κ2) is 4.76. The molecule has 0 saturated heterocycles. The van der Waals surface area contributed by atoms with Gasteiger partial charge in [-0.15, -0.1) is 5.56 Å². The fraction of sp³-hybridized carbons (Fsp3) is 0.375. The number of rotatable bonds is 0. The van der Waals surface area contributed by atoms with Crippen molar-refractivity contribution in [3.05, 3.63) is 29.1 Å². The number of hydrogen-bond acceptors (Lipinski definition) is 1. The largest absolute Gasteiger partial charge is 1.00 e. The van der Waals surface area contributed by atoms with Gasteiger partial charge in [0.05, 0.1) is 0 Å². The second-order valence-corrected chi connectivity index (χ2v) is 2.28. The summed E-state index contributed by atoms with van der Waals surface area (Å²) in [4.78, 5) is 4.01. The van der Waals surface area contributed by atoms with E-state index >= 15 is 0 Å². The Kier molecular flexibility index (Phi) is 5.21. The van der Waals surface area contributed by atoms with Gasteiger partial charge in [-0.2, -0.15) is 11.6 Å². The van der Waals surface area contributed by atoms with Crippen LogP contribution >= 0.6 is 0 Å². The van der Waals surface area contributed by atoms with E-state index in [1.807, 2.05) is 13.0 Å². The molecule has 0 radical (unpaired) electrons. The van der Waals surface area contributed by atoms with Crippen molar-refractivity contribution >= 4 is 0 Å². The third kappa shape index (κ3) is 2.53. The van der Waals surface area contributed by atoms with E-state index in [0.717, 1.165) is 5.69 Å².